The quantitative estimate of drug-likeness (QED) is 0.700. The molecule has 2 N–H and O–H groups in total. The van der Waals surface area contributed by atoms with Gasteiger partial charge in [-0.25, -0.2) is 4.79 Å². The van der Waals surface area contributed by atoms with Crippen LogP contribution in [0.5, 0.6) is 0 Å². The Balaban J connectivity index is 0.00000220. The molecule has 1 aliphatic carbocycles. The van der Waals surface area contributed by atoms with Crippen molar-refractivity contribution in [1.82, 2.24) is 10.2 Å². The first-order chi connectivity index (χ1) is 9.66. The molecule has 21 heavy (non-hydrogen) atoms. The van der Waals surface area contributed by atoms with Crippen molar-refractivity contribution in [1.29, 1.82) is 0 Å². The van der Waals surface area contributed by atoms with Crippen molar-refractivity contribution in [3.63, 3.8) is 0 Å². The van der Waals surface area contributed by atoms with Crippen molar-refractivity contribution in [3.8, 4) is 0 Å². The summed E-state index contributed by atoms with van der Waals surface area (Å²) in [5, 5.41) is 12.1. The van der Waals surface area contributed by atoms with Crippen LogP contribution in [0.3, 0.4) is 0 Å². The van der Waals surface area contributed by atoms with Crippen LogP contribution in [0.25, 0.3) is 0 Å². The van der Waals surface area contributed by atoms with Gasteiger partial charge in [-0.15, -0.1) is 0 Å². The second-order valence-electron chi connectivity index (χ2n) is 6.10. The fourth-order valence-electron chi connectivity index (χ4n) is 3.41. The maximum absolute atomic E-state index is 12.3. The number of nitrogens with zero attached hydrogens (tertiary/aromatic N) is 1. The molecule has 2 rings (SSSR count). The van der Waals surface area contributed by atoms with E-state index in [0.717, 1.165) is 51.6 Å². The van der Waals surface area contributed by atoms with E-state index < -0.39 is 5.97 Å². The molecule has 1 saturated heterocycles. The third kappa shape index (κ3) is 5.92. The predicted molar refractivity (Wildman–Crippen MR) is 77.7 cm³/mol. The Morgan fingerprint density at radius 2 is 1.67 bits per heavy atom. The summed E-state index contributed by atoms with van der Waals surface area (Å²) in [6, 6.07) is -0.274. The summed E-state index contributed by atoms with van der Waals surface area (Å²) in [5.74, 6) is -0.492. The van der Waals surface area contributed by atoms with Gasteiger partial charge in [-0.2, -0.15) is 0 Å². The molecule has 0 aromatic carbocycles. The van der Waals surface area contributed by atoms with E-state index in [2.05, 4.69) is 5.32 Å². The van der Waals surface area contributed by atoms with Gasteiger partial charge >= 0.3 is 30.9 Å². The van der Waals surface area contributed by atoms with E-state index in [1.807, 2.05) is 4.90 Å². The SMILES string of the molecule is O=C(O)CC(NC(=O)N1CCCCC1)C1CCCCC1.[H-].[Li+]. The molecule has 0 radical (unpaired) electrons. The third-order valence-electron chi connectivity index (χ3n) is 4.57. The summed E-state index contributed by atoms with van der Waals surface area (Å²) in [4.78, 5) is 25.1. The molecule has 0 aromatic rings. The minimum atomic E-state index is -0.820. The summed E-state index contributed by atoms with van der Waals surface area (Å²) in [7, 11) is 0. The molecule has 1 unspecified atom stereocenters. The van der Waals surface area contributed by atoms with Crippen LogP contribution in [-0.2, 0) is 4.79 Å². The molecule has 116 valence electrons. The molecular weight excluding hydrogens is 263 g/mol. The van der Waals surface area contributed by atoms with Gasteiger partial charge in [0.2, 0.25) is 0 Å². The van der Waals surface area contributed by atoms with Gasteiger partial charge in [0.1, 0.15) is 0 Å². The maximum Gasteiger partial charge on any atom is 1.00 e. The van der Waals surface area contributed by atoms with Crippen LogP contribution in [0.4, 0.5) is 4.79 Å². The van der Waals surface area contributed by atoms with E-state index in [1.54, 1.807) is 0 Å². The first-order valence-corrected chi connectivity index (χ1v) is 7.94. The number of rotatable bonds is 4. The van der Waals surface area contributed by atoms with E-state index in [0.29, 0.717) is 5.92 Å². The molecular formula is C15H27LiN2O3. The average Bonchev–Trinajstić information content (AvgIpc) is 2.48. The Kier molecular flexibility index (Phi) is 8.21. The van der Waals surface area contributed by atoms with Crippen molar-refractivity contribution in [2.24, 2.45) is 5.92 Å². The van der Waals surface area contributed by atoms with Crippen LogP contribution in [0.15, 0.2) is 0 Å². The fourth-order valence-corrected chi connectivity index (χ4v) is 3.41. The second-order valence-corrected chi connectivity index (χ2v) is 6.10. The minimum absolute atomic E-state index is 0. The summed E-state index contributed by atoms with van der Waals surface area (Å²) >= 11 is 0. The number of nitrogens with one attached hydrogen (secondary N) is 1. The first kappa shape index (κ1) is 18.4. The molecule has 2 aliphatic rings. The van der Waals surface area contributed by atoms with Gasteiger partial charge in [0.15, 0.2) is 0 Å². The fraction of sp³-hybridized carbons (Fsp3) is 0.867. The van der Waals surface area contributed by atoms with Crippen molar-refractivity contribution < 1.29 is 35.0 Å². The van der Waals surface area contributed by atoms with Gasteiger partial charge in [0.25, 0.3) is 0 Å². The monoisotopic (exact) mass is 290 g/mol. The third-order valence-corrected chi connectivity index (χ3v) is 4.57. The van der Waals surface area contributed by atoms with Crippen molar-refractivity contribution >= 4 is 12.0 Å². The molecule has 0 aromatic heterocycles. The smallest absolute Gasteiger partial charge is 1.00 e. The number of hydrogen-bond acceptors (Lipinski definition) is 2. The van der Waals surface area contributed by atoms with Crippen LogP contribution >= 0.6 is 0 Å². The standard InChI is InChI=1S/C15H26N2O3.Li.H/c18-14(19)11-13(12-7-3-1-4-8-12)16-15(20)17-9-5-2-6-10-17;;/h12-13H,1-11H2,(H,16,20)(H,18,19);;/q;+1;-1. The van der Waals surface area contributed by atoms with Gasteiger partial charge in [-0.05, 0) is 38.0 Å². The number of aliphatic carboxylic acids is 1. The molecule has 1 heterocycles. The molecule has 1 aliphatic heterocycles. The van der Waals surface area contributed by atoms with Crippen LogP contribution in [0.2, 0.25) is 0 Å². The molecule has 2 amide bonds. The maximum atomic E-state index is 12.3. The molecule has 0 bridgehead atoms. The van der Waals surface area contributed by atoms with Crippen LogP contribution in [0, 0.1) is 5.92 Å². The number of carbonyl (C=O) groups is 2. The Bertz CT molecular complexity index is 346. The second kappa shape index (κ2) is 9.37. The normalized spacial score (nSPS) is 21.2. The Morgan fingerprint density at radius 1 is 1.10 bits per heavy atom. The summed E-state index contributed by atoms with van der Waals surface area (Å²) in [6.07, 6.45) is 8.96. The van der Waals surface area contributed by atoms with Crippen LogP contribution in [0.1, 0.15) is 59.2 Å². The number of urea groups is 1. The van der Waals surface area contributed by atoms with Crippen molar-refractivity contribution in [2.75, 3.05) is 13.1 Å². The molecule has 1 saturated carbocycles. The van der Waals surface area contributed by atoms with Gasteiger partial charge in [0, 0.05) is 19.1 Å². The summed E-state index contributed by atoms with van der Waals surface area (Å²) in [5.41, 5.74) is 0. The van der Waals surface area contributed by atoms with E-state index in [1.165, 1.54) is 12.8 Å². The van der Waals surface area contributed by atoms with E-state index in [4.69, 9.17) is 5.11 Å². The molecule has 1 atom stereocenters. The number of piperidine rings is 1. The zero-order chi connectivity index (χ0) is 14.4. The largest absolute Gasteiger partial charge is 1.00 e. The van der Waals surface area contributed by atoms with Crippen molar-refractivity contribution in [3.05, 3.63) is 0 Å². The minimum Gasteiger partial charge on any atom is -1.00 e. The number of hydrogen-bond donors (Lipinski definition) is 2. The zero-order valence-electron chi connectivity index (χ0n) is 14.1. The Hall–Kier alpha value is -0.663. The van der Waals surface area contributed by atoms with Crippen LogP contribution in [-0.4, -0.2) is 41.1 Å². The molecule has 0 spiro atoms. The Labute approximate surface area is 140 Å². The summed E-state index contributed by atoms with van der Waals surface area (Å²) in [6.45, 7) is 1.60. The van der Waals surface area contributed by atoms with E-state index >= 15 is 0 Å². The average molecular weight is 290 g/mol. The zero-order valence-corrected chi connectivity index (χ0v) is 13.1. The van der Waals surface area contributed by atoms with E-state index in [-0.39, 0.29) is 38.8 Å². The molecule has 2 fully saturated rings. The van der Waals surface area contributed by atoms with Gasteiger partial charge in [-0.3, -0.25) is 4.79 Å². The predicted octanol–water partition coefficient (Wildman–Crippen LogP) is -0.278. The van der Waals surface area contributed by atoms with Gasteiger partial charge in [0.05, 0.1) is 6.42 Å². The number of carbonyl (C=O) groups excluding carboxylic acids is 1. The number of amides is 2. The van der Waals surface area contributed by atoms with Crippen molar-refractivity contribution in [2.45, 2.75) is 63.8 Å². The summed E-state index contributed by atoms with van der Waals surface area (Å²) < 4.78 is 0. The number of carboxylic acids is 1. The molecule has 6 heteroatoms. The topological polar surface area (TPSA) is 69.6 Å². The number of carboxylic acid groups (broad SMARTS) is 1. The van der Waals surface area contributed by atoms with E-state index in [9.17, 15) is 9.59 Å². The number of likely N-dealkylation sites (tertiary alicyclic amines) is 1. The van der Waals surface area contributed by atoms with Gasteiger partial charge in [-0.1, -0.05) is 19.3 Å². The van der Waals surface area contributed by atoms with Gasteiger partial charge < -0.3 is 16.7 Å². The first-order valence-electron chi connectivity index (χ1n) is 7.94. The Morgan fingerprint density at radius 3 is 2.24 bits per heavy atom. The molecule has 5 nitrogen and oxygen atoms in total. The van der Waals surface area contributed by atoms with Crippen LogP contribution < -0.4 is 24.2 Å².